The van der Waals surface area contributed by atoms with Crippen molar-refractivity contribution in [2.45, 2.75) is 0 Å². The van der Waals surface area contributed by atoms with E-state index in [4.69, 9.17) is 5.73 Å². The smallest absolute Gasteiger partial charge is 0.0939 e. The van der Waals surface area contributed by atoms with E-state index in [0.29, 0.717) is 0 Å². The SMILES string of the molecule is N[C](c1ccccc1)c1ccccc1-c1ccccc1. The van der Waals surface area contributed by atoms with Crippen molar-refractivity contribution in [3.8, 4) is 11.1 Å². The lowest BCUT2D eigenvalue weighted by Crippen LogP contribution is -2.13. The molecular weight excluding hydrogens is 242 g/mol. The summed E-state index contributed by atoms with van der Waals surface area (Å²) in [6, 6.07) is 29.5. The Kier molecular flexibility index (Phi) is 3.62. The van der Waals surface area contributed by atoms with Crippen LogP contribution in [-0.4, -0.2) is 0 Å². The van der Waals surface area contributed by atoms with E-state index in [-0.39, 0.29) is 0 Å². The van der Waals surface area contributed by atoms with Crippen LogP contribution < -0.4 is 5.73 Å². The normalized spacial score (nSPS) is 10.7. The van der Waals surface area contributed by atoms with Crippen molar-refractivity contribution in [1.29, 1.82) is 0 Å². The second kappa shape index (κ2) is 5.72. The molecule has 1 nitrogen and oxygen atoms in total. The molecule has 0 aliphatic heterocycles. The highest BCUT2D eigenvalue weighted by Gasteiger charge is 2.14. The topological polar surface area (TPSA) is 26.0 Å². The average Bonchev–Trinajstić information content (AvgIpc) is 2.56. The van der Waals surface area contributed by atoms with Gasteiger partial charge < -0.3 is 5.73 Å². The van der Waals surface area contributed by atoms with E-state index in [1.807, 2.05) is 60.7 Å². The third-order valence-electron chi connectivity index (χ3n) is 3.39. The Hall–Kier alpha value is -2.38. The van der Waals surface area contributed by atoms with Gasteiger partial charge in [-0.15, -0.1) is 0 Å². The lowest BCUT2D eigenvalue weighted by Gasteiger charge is -2.16. The molecule has 3 aromatic rings. The van der Waals surface area contributed by atoms with Crippen molar-refractivity contribution >= 4 is 0 Å². The van der Waals surface area contributed by atoms with E-state index in [9.17, 15) is 0 Å². The summed E-state index contributed by atoms with van der Waals surface area (Å²) in [5.74, 6) is 0. The molecule has 0 heterocycles. The number of nitrogens with two attached hydrogens (primary N) is 1. The summed E-state index contributed by atoms with van der Waals surface area (Å²) in [4.78, 5) is 0. The predicted molar refractivity (Wildman–Crippen MR) is 84.0 cm³/mol. The molecule has 0 aromatic heterocycles. The van der Waals surface area contributed by atoms with Gasteiger partial charge in [-0.05, 0) is 22.3 Å². The molecule has 0 unspecified atom stereocenters. The quantitative estimate of drug-likeness (QED) is 0.747. The minimum atomic E-state index is 0.810. The van der Waals surface area contributed by atoms with Crippen molar-refractivity contribution in [3.63, 3.8) is 0 Å². The summed E-state index contributed by atoms with van der Waals surface area (Å²) in [5.41, 5.74) is 10.8. The van der Waals surface area contributed by atoms with Gasteiger partial charge in [0.05, 0.1) is 6.04 Å². The van der Waals surface area contributed by atoms with Gasteiger partial charge in [0.25, 0.3) is 0 Å². The first-order chi connectivity index (χ1) is 9.86. The molecule has 0 saturated heterocycles. The van der Waals surface area contributed by atoms with E-state index >= 15 is 0 Å². The molecule has 0 spiro atoms. The first-order valence-electron chi connectivity index (χ1n) is 6.69. The number of hydrogen-bond donors (Lipinski definition) is 1. The molecule has 0 fully saturated rings. The molecule has 0 amide bonds. The molecule has 20 heavy (non-hydrogen) atoms. The van der Waals surface area contributed by atoms with Gasteiger partial charge >= 0.3 is 0 Å². The highest BCUT2D eigenvalue weighted by atomic mass is 14.6. The molecule has 0 atom stereocenters. The highest BCUT2D eigenvalue weighted by Crippen LogP contribution is 2.29. The lowest BCUT2D eigenvalue weighted by molar-refractivity contribution is 1.14. The van der Waals surface area contributed by atoms with Crippen LogP contribution in [0.3, 0.4) is 0 Å². The largest absolute Gasteiger partial charge is 0.316 e. The standard InChI is InChI=1S/C19H16N/c20-19(16-11-5-2-6-12-16)18-14-8-7-13-17(18)15-9-3-1-4-10-15/h1-14H,20H2. The molecule has 97 valence electrons. The maximum atomic E-state index is 6.37. The molecule has 3 rings (SSSR count). The van der Waals surface area contributed by atoms with Gasteiger partial charge in [-0.25, -0.2) is 0 Å². The van der Waals surface area contributed by atoms with E-state index < -0.39 is 0 Å². The van der Waals surface area contributed by atoms with E-state index in [1.165, 1.54) is 5.56 Å². The van der Waals surface area contributed by atoms with Crippen molar-refractivity contribution in [1.82, 2.24) is 0 Å². The van der Waals surface area contributed by atoms with Crippen LogP contribution >= 0.6 is 0 Å². The summed E-state index contributed by atoms with van der Waals surface area (Å²) >= 11 is 0. The third kappa shape index (κ3) is 2.49. The van der Waals surface area contributed by atoms with Gasteiger partial charge in [0, 0.05) is 0 Å². The summed E-state index contributed by atoms with van der Waals surface area (Å²) in [5, 5.41) is 0. The molecule has 3 aromatic carbocycles. The fraction of sp³-hybridized carbons (Fsp3) is 0. The molecule has 1 heteroatoms. The van der Waals surface area contributed by atoms with Crippen molar-refractivity contribution in [2.24, 2.45) is 5.73 Å². The molecule has 0 aliphatic carbocycles. The summed E-state index contributed by atoms with van der Waals surface area (Å²) < 4.78 is 0. The van der Waals surface area contributed by atoms with Gasteiger partial charge in [0.2, 0.25) is 0 Å². The molecule has 0 bridgehead atoms. The average molecular weight is 258 g/mol. The maximum absolute atomic E-state index is 6.37. The zero-order valence-corrected chi connectivity index (χ0v) is 11.2. The molecular formula is C19H16N. The van der Waals surface area contributed by atoms with Crippen LogP contribution in [0.5, 0.6) is 0 Å². The van der Waals surface area contributed by atoms with E-state index in [1.54, 1.807) is 0 Å². The van der Waals surface area contributed by atoms with Gasteiger partial charge in [0.15, 0.2) is 0 Å². The Morgan fingerprint density at radius 3 is 1.85 bits per heavy atom. The summed E-state index contributed by atoms with van der Waals surface area (Å²) in [7, 11) is 0. The second-order valence-corrected chi connectivity index (χ2v) is 4.69. The van der Waals surface area contributed by atoms with Gasteiger partial charge in [0.1, 0.15) is 0 Å². The number of benzene rings is 3. The van der Waals surface area contributed by atoms with Gasteiger partial charge in [-0.1, -0.05) is 84.9 Å². The summed E-state index contributed by atoms with van der Waals surface area (Å²) in [6.45, 7) is 0. The van der Waals surface area contributed by atoms with Crippen LogP contribution in [0.2, 0.25) is 0 Å². The first-order valence-corrected chi connectivity index (χ1v) is 6.69. The zero-order valence-electron chi connectivity index (χ0n) is 11.2. The highest BCUT2D eigenvalue weighted by molar-refractivity contribution is 5.71. The third-order valence-corrected chi connectivity index (χ3v) is 3.39. The number of hydrogen-bond acceptors (Lipinski definition) is 1. The lowest BCUT2D eigenvalue weighted by atomic mass is 9.92. The maximum Gasteiger partial charge on any atom is 0.0939 e. The Morgan fingerprint density at radius 2 is 1.15 bits per heavy atom. The Balaban J connectivity index is 2.07. The molecule has 1 radical (unpaired) electrons. The minimum Gasteiger partial charge on any atom is -0.316 e. The first kappa shape index (κ1) is 12.6. The van der Waals surface area contributed by atoms with Gasteiger partial charge in [-0.3, -0.25) is 0 Å². The van der Waals surface area contributed by atoms with Crippen molar-refractivity contribution in [3.05, 3.63) is 102 Å². The Morgan fingerprint density at radius 1 is 0.600 bits per heavy atom. The molecule has 2 N–H and O–H groups in total. The van der Waals surface area contributed by atoms with Crippen LogP contribution in [0.1, 0.15) is 11.1 Å². The predicted octanol–water partition coefficient (Wildman–Crippen LogP) is 4.24. The zero-order chi connectivity index (χ0) is 13.8. The van der Waals surface area contributed by atoms with Crippen molar-refractivity contribution < 1.29 is 0 Å². The molecule has 0 aliphatic rings. The fourth-order valence-corrected chi connectivity index (χ4v) is 2.36. The second-order valence-electron chi connectivity index (χ2n) is 4.69. The monoisotopic (exact) mass is 258 g/mol. The Bertz CT molecular complexity index is 674. The number of rotatable bonds is 3. The van der Waals surface area contributed by atoms with Crippen LogP contribution in [-0.2, 0) is 0 Å². The van der Waals surface area contributed by atoms with E-state index in [2.05, 4.69) is 24.3 Å². The van der Waals surface area contributed by atoms with Crippen LogP contribution in [0, 0.1) is 6.04 Å². The van der Waals surface area contributed by atoms with Crippen LogP contribution in [0.15, 0.2) is 84.9 Å². The Labute approximate surface area is 119 Å². The molecule has 0 saturated carbocycles. The van der Waals surface area contributed by atoms with Crippen LogP contribution in [0.25, 0.3) is 11.1 Å². The van der Waals surface area contributed by atoms with Crippen LogP contribution in [0.4, 0.5) is 0 Å². The van der Waals surface area contributed by atoms with E-state index in [0.717, 1.165) is 22.7 Å². The summed E-state index contributed by atoms with van der Waals surface area (Å²) in [6.07, 6.45) is 0. The van der Waals surface area contributed by atoms with Crippen molar-refractivity contribution in [2.75, 3.05) is 0 Å². The fourth-order valence-electron chi connectivity index (χ4n) is 2.36. The minimum absolute atomic E-state index is 0.810. The van der Waals surface area contributed by atoms with Gasteiger partial charge in [-0.2, -0.15) is 0 Å².